The lowest BCUT2D eigenvalue weighted by atomic mass is 9.75. The molecule has 4 N–H and O–H groups in total. The van der Waals surface area contributed by atoms with Crippen molar-refractivity contribution in [3.05, 3.63) is 88.6 Å². The first-order valence-electron chi connectivity index (χ1n) is 10.4. The van der Waals surface area contributed by atoms with Gasteiger partial charge < -0.3 is 30.0 Å². The number of halogens is 5. The Morgan fingerprint density at radius 3 is 2.44 bits per heavy atom. The van der Waals surface area contributed by atoms with E-state index in [0.717, 1.165) is 0 Å². The van der Waals surface area contributed by atoms with Gasteiger partial charge in [0.15, 0.2) is 5.11 Å². The molecule has 1 aliphatic heterocycles. The number of furan rings is 1. The number of nitrogens with one attached hydrogen (secondary N) is 2. The summed E-state index contributed by atoms with van der Waals surface area (Å²) < 4.78 is 54.9. The number of benzene rings is 2. The summed E-state index contributed by atoms with van der Waals surface area (Å²) in [6, 6.07) is 10.3. The zero-order valence-corrected chi connectivity index (χ0v) is 20.6. The molecule has 0 amide bonds. The van der Waals surface area contributed by atoms with Crippen LogP contribution in [-0.4, -0.2) is 33.7 Å². The second-order valence-corrected chi connectivity index (χ2v) is 9.13. The molecular weight excluding hydrogens is 540 g/mol. The zero-order valence-electron chi connectivity index (χ0n) is 18.3. The van der Waals surface area contributed by atoms with Gasteiger partial charge in [-0.05, 0) is 48.6 Å². The third-order valence-corrected chi connectivity index (χ3v) is 6.78. The van der Waals surface area contributed by atoms with E-state index in [4.69, 9.17) is 44.6 Å². The number of hydrogen-bond acceptors (Lipinski definition) is 5. The first-order chi connectivity index (χ1) is 16.9. The summed E-state index contributed by atoms with van der Waals surface area (Å²) in [7, 11) is 0. The van der Waals surface area contributed by atoms with Gasteiger partial charge in [-0.2, -0.15) is 13.2 Å². The van der Waals surface area contributed by atoms with Gasteiger partial charge in [0, 0.05) is 11.1 Å². The standard InChI is InChI=1S/C24H19Cl2F3N2O4S/c1-2-12-34-14-8-6-13(7-9-14)23(33)22(32,24(27,28)29)20(30-21(36)31-23)18-11-10-17(35-18)15-4-3-5-16(25)19(15)26/h2-11,20,32-33H,1,12H2,(H2,30,31,36)/t20-,22-,23-/m1/s1. The van der Waals surface area contributed by atoms with Crippen molar-refractivity contribution in [2.45, 2.75) is 23.5 Å². The van der Waals surface area contributed by atoms with Crippen LogP contribution >= 0.6 is 35.4 Å². The van der Waals surface area contributed by atoms with Crippen LogP contribution in [0.3, 0.4) is 0 Å². The predicted octanol–water partition coefficient (Wildman–Crippen LogP) is 5.48. The molecular formula is C24H19Cl2F3N2O4S. The molecule has 36 heavy (non-hydrogen) atoms. The maximum absolute atomic E-state index is 14.6. The van der Waals surface area contributed by atoms with E-state index >= 15 is 0 Å². The Kier molecular flexibility index (Phi) is 7.02. The summed E-state index contributed by atoms with van der Waals surface area (Å²) in [4.78, 5) is 0. The highest BCUT2D eigenvalue weighted by molar-refractivity contribution is 7.80. The Bertz CT molecular complexity index is 1300. The molecule has 6 nitrogen and oxygen atoms in total. The van der Waals surface area contributed by atoms with E-state index in [2.05, 4.69) is 17.2 Å². The fourth-order valence-corrected chi connectivity index (χ4v) is 4.63. The van der Waals surface area contributed by atoms with Gasteiger partial charge in [0.25, 0.3) is 0 Å². The Hall–Kier alpha value is -2.76. The van der Waals surface area contributed by atoms with E-state index < -0.39 is 23.5 Å². The smallest absolute Gasteiger partial charge is 0.424 e. The lowest BCUT2D eigenvalue weighted by Gasteiger charge is -2.52. The molecule has 12 heteroatoms. The number of thiocarbonyl (C=S) groups is 1. The van der Waals surface area contributed by atoms with Crippen LogP contribution in [0.2, 0.25) is 10.0 Å². The van der Waals surface area contributed by atoms with Crippen LogP contribution in [0, 0.1) is 0 Å². The van der Waals surface area contributed by atoms with Crippen molar-refractivity contribution in [2.75, 3.05) is 6.61 Å². The summed E-state index contributed by atoms with van der Waals surface area (Å²) in [5.41, 5.74) is -6.94. The predicted molar refractivity (Wildman–Crippen MR) is 133 cm³/mol. The lowest BCUT2D eigenvalue weighted by molar-refractivity contribution is -0.343. The third-order valence-electron chi connectivity index (χ3n) is 5.74. The van der Waals surface area contributed by atoms with Crippen LogP contribution < -0.4 is 15.4 Å². The van der Waals surface area contributed by atoms with Gasteiger partial charge in [0.2, 0.25) is 11.3 Å². The number of aliphatic hydroxyl groups is 2. The Morgan fingerprint density at radius 2 is 1.81 bits per heavy atom. The molecule has 2 heterocycles. The molecule has 190 valence electrons. The molecule has 0 bridgehead atoms. The highest BCUT2D eigenvalue weighted by Gasteiger charge is 2.74. The van der Waals surface area contributed by atoms with E-state index in [9.17, 15) is 23.4 Å². The molecule has 3 aromatic rings. The average Bonchev–Trinajstić information content (AvgIpc) is 3.31. The van der Waals surface area contributed by atoms with Crippen LogP contribution in [0.1, 0.15) is 17.4 Å². The van der Waals surface area contributed by atoms with Crippen molar-refractivity contribution in [3.63, 3.8) is 0 Å². The summed E-state index contributed by atoms with van der Waals surface area (Å²) in [6.07, 6.45) is -3.88. The second-order valence-electron chi connectivity index (χ2n) is 7.93. The average molecular weight is 559 g/mol. The summed E-state index contributed by atoms with van der Waals surface area (Å²) in [5, 5.41) is 27.3. The number of rotatable bonds is 6. The Morgan fingerprint density at radius 1 is 1.11 bits per heavy atom. The van der Waals surface area contributed by atoms with Crippen molar-refractivity contribution in [2.24, 2.45) is 0 Å². The van der Waals surface area contributed by atoms with Gasteiger partial charge >= 0.3 is 6.18 Å². The molecule has 0 saturated carbocycles. The van der Waals surface area contributed by atoms with Crippen molar-refractivity contribution in [3.8, 4) is 17.1 Å². The van der Waals surface area contributed by atoms with Crippen LogP contribution in [0.15, 0.2) is 71.7 Å². The summed E-state index contributed by atoms with van der Waals surface area (Å²) >= 11 is 17.4. The molecule has 1 fully saturated rings. The second kappa shape index (κ2) is 9.60. The quantitative estimate of drug-likeness (QED) is 0.235. The van der Waals surface area contributed by atoms with Crippen LogP contribution in [0.4, 0.5) is 13.2 Å². The highest BCUT2D eigenvalue weighted by Crippen LogP contribution is 2.52. The summed E-state index contributed by atoms with van der Waals surface area (Å²) in [5.74, 6) is 0.0644. The monoisotopic (exact) mass is 558 g/mol. The molecule has 3 atom stereocenters. The minimum Gasteiger partial charge on any atom is -0.490 e. The molecule has 0 radical (unpaired) electrons. The normalized spacial score (nSPS) is 24.1. The van der Waals surface area contributed by atoms with E-state index in [1.54, 1.807) is 18.2 Å². The largest absolute Gasteiger partial charge is 0.490 e. The highest BCUT2D eigenvalue weighted by atomic mass is 35.5. The van der Waals surface area contributed by atoms with E-state index in [1.807, 2.05) is 0 Å². The van der Waals surface area contributed by atoms with Gasteiger partial charge in [0.1, 0.15) is 29.9 Å². The fourth-order valence-electron chi connectivity index (χ4n) is 3.97. The SMILES string of the molecule is C=CCOc1ccc([C@]2(O)NC(=S)N[C@H](c3ccc(-c4cccc(Cl)c4Cl)o3)[C@]2(O)C(F)(F)F)cc1. The van der Waals surface area contributed by atoms with E-state index in [-0.39, 0.29) is 38.8 Å². The number of ether oxygens (including phenoxy) is 1. The van der Waals surface area contributed by atoms with Crippen molar-refractivity contribution < 1.29 is 32.5 Å². The number of alkyl halides is 3. The van der Waals surface area contributed by atoms with Gasteiger partial charge in [-0.1, -0.05) is 54.1 Å². The topological polar surface area (TPSA) is 86.9 Å². The molecule has 0 spiro atoms. The Balaban J connectivity index is 1.81. The molecule has 0 unspecified atom stereocenters. The van der Waals surface area contributed by atoms with Crippen molar-refractivity contribution >= 4 is 40.5 Å². The van der Waals surface area contributed by atoms with Crippen LogP contribution in [0.25, 0.3) is 11.3 Å². The van der Waals surface area contributed by atoms with Crippen LogP contribution in [0.5, 0.6) is 5.75 Å². The minimum absolute atomic E-state index is 0.0977. The first kappa shape index (κ1) is 26.3. The molecule has 1 aliphatic rings. The minimum atomic E-state index is -5.37. The lowest BCUT2D eigenvalue weighted by Crippen LogP contribution is -2.77. The molecule has 1 saturated heterocycles. The maximum atomic E-state index is 14.6. The Labute approximate surface area is 219 Å². The maximum Gasteiger partial charge on any atom is 0.424 e. The van der Waals surface area contributed by atoms with Crippen molar-refractivity contribution in [1.29, 1.82) is 0 Å². The third kappa shape index (κ3) is 4.33. The van der Waals surface area contributed by atoms with Gasteiger partial charge in [0.05, 0.1) is 10.0 Å². The summed E-state index contributed by atoms with van der Waals surface area (Å²) in [6.45, 7) is 3.69. The number of hydrogen-bond donors (Lipinski definition) is 4. The van der Waals surface area contributed by atoms with Gasteiger partial charge in [-0.15, -0.1) is 0 Å². The molecule has 0 aliphatic carbocycles. The zero-order chi connectivity index (χ0) is 26.3. The fraction of sp³-hybridized carbons (Fsp3) is 0.208. The van der Waals surface area contributed by atoms with E-state index in [1.165, 1.54) is 42.5 Å². The van der Waals surface area contributed by atoms with Crippen LogP contribution in [-0.2, 0) is 5.72 Å². The molecule has 4 rings (SSSR count). The molecule has 2 aromatic carbocycles. The van der Waals surface area contributed by atoms with E-state index in [0.29, 0.717) is 11.3 Å². The molecule has 1 aromatic heterocycles. The first-order valence-corrected chi connectivity index (χ1v) is 11.6. The van der Waals surface area contributed by atoms with Crippen molar-refractivity contribution in [1.82, 2.24) is 10.6 Å². The van der Waals surface area contributed by atoms with Gasteiger partial charge in [-0.25, -0.2) is 0 Å². The van der Waals surface area contributed by atoms with Gasteiger partial charge in [-0.3, -0.25) is 0 Å².